The van der Waals surface area contributed by atoms with E-state index in [0.717, 1.165) is 0 Å². The van der Waals surface area contributed by atoms with E-state index in [-0.39, 0.29) is 23.0 Å². The van der Waals surface area contributed by atoms with Crippen LogP contribution in [0.1, 0.15) is 19.9 Å². The molecule has 4 nitrogen and oxygen atoms in total. The summed E-state index contributed by atoms with van der Waals surface area (Å²) in [4.78, 5) is 12.1. The summed E-state index contributed by atoms with van der Waals surface area (Å²) in [6, 6.07) is 8.64. The highest BCUT2D eigenvalue weighted by Crippen LogP contribution is 2.31. The summed E-state index contributed by atoms with van der Waals surface area (Å²) in [5.41, 5.74) is 6.94. The summed E-state index contributed by atoms with van der Waals surface area (Å²) in [7, 11) is 0. The lowest BCUT2D eigenvalue weighted by Gasteiger charge is -2.13. The zero-order valence-corrected chi connectivity index (χ0v) is 10.4. The maximum absolute atomic E-state index is 12.1. The third-order valence-corrected chi connectivity index (χ3v) is 2.91. The van der Waals surface area contributed by atoms with Gasteiger partial charge in [-0.1, -0.05) is 18.2 Å². The van der Waals surface area contributed by atoms with Gasteiger partial charge < -0.3 is 15.4 Å². The summed E-state index contributed by atoms with van der Waals surface area (Å²) >= 11 is 0. The highest BCUT2D eigenvalue weighted by Gasteiger charge is 2.12. The van der Waals surface area contributed by atoms with Crippen LogP contribution in [0.5, 0.6) is 5.75 Å². The summed E-state index contributed by atoms with van der Waals surface area (Å²) in [6.07, 6.45) is 1.70. The molecule has 0 atom stereocenters. The zero-order chi connectivity index (χ0) is 13.3. The number of phenols is 1. The fourth-order valence-corrected chi connectivity index (χ4v) is 1.91. The van der Waals surface area contributed by atoms with E-state index in [2.05, 4.69) is 0 Å². The van der Waals surface area contributed by atoms with Gasteiger partial charge in [0, 0.05) is 23.4 Å². The molecule has 0 aliphatic heterocycles. The average Bonchev–Trinajstić information content (AvgIpc) is 2.33. The maximum Gasteiger partial charge on any atom is 0.274 e. The minimum absolute atomic E-state index is 0.0539. The minimum atomic E-state index is -0.231. The topological polar surface area (TPSA) is 68.2 Å². The second-order valence-electron chi connectivity index (χ2n) is 4.47. The standard InChI is InChI=1S/C14H16N2O2/c1-9(2)16-8-7-11(13(15)14(16)18)10-5-3-4-6-12(10)17/h3-9,17H,15H2,1-2H3. The van der Waals surface area contributed by atoms with Crippen molar-refractivity contribution >= 4 is 5.69 Å². The lowest BCUT2D eigenvalue weighted by Crippen LogP contribution is -2.24. The molecule has 0 bridgehead atoms. The molecule has 4 heteroatoms. The molecule has 0 spiro atoms. The Kier molecular flexibility index (Phi) is 3.10. The van der Waals surface area contributed by atoms with Crippen LogP contribution in [0.4, 0.5) is 5.69 Å². The van der Waals surface area contributed by atoms with Crippen LogP contribution in [-0.4, -0.2) is 9.67 Å². The molecule has 1 aromatic carbocycles. The molecular weight excluding hydrogens is 228 g/mol. The lowest BCUT2D eigenvalue weighted by molar-refractivity contribution is 0.477. The van der Waals surface area contributed by atoms with Gasteiger partial charge >= 0.3 is 0 Å². The second kappa shape index (κ2) is 4.56. The van der Waals surface area contributed by atoms with E-state index in [1.807, 2.05) is 13.8 Å². The largest absolute Gasteiger partial charge is 0.507 e. The van der Waals surface area contributed by atoms with Crippen LogP contribution in [-0.2, 0) is 0 Å². The van der Waals surface area contributed by atoms with Crippen molar-refractivity contribution in [2.75, 3.05) is 5.73 Å². The summed E-state index contributed by atoms with van der Waals surface area (Å²) < 4.78 is 1.57. The SMILES string of the molecule is CC(C)n1ccc(-c2ccccc2O)c(N)c1=O. The molecule has 0 saturated heterocycles. The van der Waals surface area contributed by atoms with E-state index in [4.69, 9.17) is 5.73 Å². The Morgan fingerprint density at radius 3 is 2.44 bits per heavy atom. The zero-order valence-electron chi connectivity index (χ0n) is 10.4. The molecule has 0 fully saturated rings. The fraction of sp³-hybridized carbons (Fsp3) is 0.214. The van der Waals surface area contributed by atoms with Gasteiger partial charge in [-0.3, -0.25) is 4.79 Å². The third-order valence-electron chi connectivity index (χ3n) is 2.91. The van der Waals surface area contributed by atoms with Gasteiger partial charge in [0.1, 0.15) is 11.4 Å². The first-order valence-electron chi connectivity index (χ1n) is 5.81. The van der Waals surface area contributed by atoms with Crippen molar-refractivity contribution in [3.8, 4) is 16.9 Å². The molecule has 0 unspecified atom stereocenters. The summed E-state index contributed by atoms with van der Waals surface area (Å²) in [5.74, 6) is 0.117. The Hall–Kier alpha value is -2.23. The molecule has 0 saturated carbocycles. The Labute approximate surface area is 105 Å². The normalized spacial score (nSPS) is 10.8. The number of para-hydroxylation sites is 1. The number of hydrogen-bond donors (Lipinski definition) is 2. The predicted molar refractivity (Wildman–Crippen MR) is 72.6 cm³/mol. The van der Waals surface area contributed by atoms with Crippen molar-refractivity contribution in [2.45, 2.75) is 19.9 Å². The number of nitrogens with two attached hydrogens (primary N) is 1. The molecular formula is C14H16N2O2. The van der Waals surface area contributed by atoms with Gasteiger partial charge in [0.15, 0.2) is 0 Å². The molecule has 0 aliphatic rings. The third kappa shape index (κ3) is 1.97. The number of benzene rings is 1. The van der Waals surface area contributed by atoms with Crippen LogP contribution >= 0.6 is 0 Å². The molecule has 2 rings (SSSR count). The first-order chi connectivity index (χ1) is 8.52. The van der Waals surface area contributed by atoms with Gasteiger partial charge in [-0.15, -0.1) is 0 Å². The van der Waals surface area contributed by atoms with Crippen LogP contribution in [0.25, 0.3) is 11.1 Å². The van der Waals surface area contributed by atoms with Gasteiger partial charge in [-0.2, -0.15) is 0 Å². The second-order valence-corrected chi connectivity index (χ2v) is 4.47. The van der Waals surface area contributed by atoms with E-state index in [1.54, 1.807) is 41.1 Å². The van der Waals surface area contributed by atoms with E-state index in [1.165, 1.54) is 0 Å². The first-order valence-corrected chi connectivity index (χ1v) is 5.81. The van der Waals surface area contributed by atoms with Crippen LogP contribution < -0.4 is 11.3 Å². The van der Waals surface area contributed by atoms with Crippen LogP contribution in [0, 0.1) is 0 Å². The maximum atomic E-state index is 12.1. The number of phenolic OH excluding ortho intramolecular Hbond substituents is 1. The number of rotatable bonds is 2. The van der Waals surface area contributed by atoms with Gasteiger partial charge in [-0.05, 0) is 26.0 Å². The van der Waals surface area contributed by atoms with Crippen molar-refractivity contribution in [3.05, 3.63) is 46.9 Å². The van der Waals surface area contributed by atoms with Crippen LogP contribution in [0.2, 0.25) is 0 Å². The smallest absolute Gasteiger partial charge is 0.274 e. The Bertz CT molecular complexity index is 630. The van der Waals surface area contributed by atoms with Gasteiger partial charge in [0.2, 0.25) is 0 Å². The van der Waals surface area contributed by atoms with Crippen molar-refractivity contribution in [3.63, 3.8) is 0 Å². The fourth-order valence-electron chi connectivity index (χ4n) is 1.91. The van der Waals surface area contributed by atoms with Crippen molar-refractivity contribution in [1.82, 2.24) is 4.57 Å². The summed E-state index contributed by atoms with van der Waals surface area (Å²) in [6.45, 7) is 3.83. The van der Waals surface area contributed by atoms with Crippen molar-refractivity contribution in [1.29, 1.82) is 0 Å². The Balaban J connectivity index is 2.65. The van der Waals surface area contributed by atoms with E-state index in [9.17, 15) is 9.90 Å². The average molecular weight is 244 g/mol. The molecule has 18 heavy (non-hydrogen) atoms. The number of aromatic nitrogens is 1. The molecule has 2 aromatic rings. The lowest BCUT2D eigenvalue weighted by atomic mass is 10.0. The van der Waals surface area contributed by atoms with Crippen LogP contribution in [0.15, 0.2) is 41.3 Å². The molecule has 3 N–H and O–H groups in total. The van der Waals surface area contributed by atoms with E-state index >= 15 is 0 Å². The van der Waals surface area contributed by atoms with Gasteiger partial charge in [0.05, 0.1) is 0 Å². The first kappa shape index (κ1) is 12.2. The highest BCUT2D eigenvalue weighted by molar-refractivity contribution is 5.79. The summed E-state index contributed by atoms with van der Waals surface area (Å²) in [5, 5.41) is 9.79. The molecule has 1 heterocycles. The van der Waals surface area contributed by atoms with Crippen molar-refractivity contribution < 1.29 is 5.11 Å². The van der Waals surface area contributed by atoms with E-state index in [0.29, 0.717) is 11.1 Å². The van der Waals surface area contributed by atoms with Gasteiger partial charge in [0.25, 0.3) is 5.56 Å². The quantitative estimate of drug-likeness (QED) is 0.852. The van der Waals surface area contributed by atoms with E-state index < -0.39 is 0 Å². The number of anilines is 1. The molecule has 94 valence electrons. The van der Waals surface area contributed by atoms with Gasteiger partial charge in [-0.25, -0.2) is 0 Å². The molecule has 0 aliphatic carbocycles. The Morgan fingerprint density at radius 1 is 1.17 bits per heavy atom. The predicted octanol–water partition coefficient (Wildman–Crippen LogP) is 2.38. The Morgan fingerprint density at radius 2 is 1.83 bits per heavy atom. The number of nitrogens with zero attached hydrogens (tertiary/aromatic N) is 1. The number of pyridine rings is 1. The monoisotopic (exact) mass is 244 g/mol. The molecule has 0 radical (unpaired) electrons. The van der Waals surface area contributed by atoms with Crippen LogP contribution in [0.3, 0.4) is 0 Å². The molecule has 0 amide bonds. The molecule has 1 aromatic heterocycles. The number of hydrogen-bond acceptors (Lipinski definition) is 3. The number of aromatic hydroxyl groups is 1. The van der Waals surface area contributed by atoms with Crippen molar-refractivity contribution in [2.24, 2.45) is 0 Å². The minimum Gasteiger partial charge on any atom is -0.507 e. The number of nitrogen functional groups attached to an aromatic ring is 1. The highest BCUT2D eigenvalue weighted by atomic mass is 16.3.